The van der Waals surface area contributed by atoms with Gasteiger partial charge in [-0.1, -0.05) is 38.5 Å². The van der Waals surface area contributed by atoms with Crippen molar-refractivity contribution in [2.24, 2.45) is 11.3 Å². The molecule has 2 aliphatic rings. The first-order chi connectivity index (χ1) is 14.0. The zero-order valence-electron chi connectivity index (χ0n) is 19.0. The first-order valence-corrected chi connectivity index (χ1v) is 11.1. The lowest BCUT2D eigenvalue weighted by Gasteiger charge is -2.55. The highest BCUT2D eigenvalue weighted by Crippen LogP contribution is 2.57. The average molecular weight is 417 g/mol. The van der Waals surface area contributed by atoms with E-state index >= 15 is 0 Å². The molecule has 5 heteroatoms. The molecule has 0 aliphatic heterocycles. The number of carboxylic acids is 1. The van der Waals surface area contributed by atoms with Crippen LogP contribution in [0.15, 0.2) is 18.2 Å². The van der Waals surface area contributed by atoms with Gasteiger partial charge in [-0.2, -0.15) is 0 Å². The fraction of sp³-hybridized carbons (Fsp3) is 0.680. The van der Waals surface area contributed by atoms with E-state index in [1.165, 1.54) is 16.7 Å². The Kier molecular flexibility index (Phi) is 6.33. The van der Waals surface area contributed by atoms with Crippen LogP contribution < -0.4 is 0 Å². The molecular weight excluding hydrogens is 380 g/mol. The number of hydrogen-bond acceptors (Lipinski definition) is 4. The van der Waals surface area contributed by atoms with Gasteiger partial charge >= 0.3 is 11.9 Å². The third kappa shape index (κ3) is 4.27. The number of carbonyl (C=O) groups is 2. The lowest BCUT2D eigenvalue weighted by Crippen LogP contribution is -2.51. The van der Waals surface area contributed by atoms with E-state index in [2.05, 4.69) is 45.9 Å². The molecule has 30 heavy (non-hydrogen) atoms. The van der Waals surface area contributed by atoms with Crippen molar-refractivity contribution >= 4 is 11.9 Å². The van der Waals surface area contributed by atoms with E-state index in [1.54, 1.807) is 7.11 Å². The van der Waals surface area contributed by atoms with Gasteiger partial charge in [-0.05, 0) is 67.6 Å². The largest absolute Gasteiger partial charge is 0.481 e. The smallest absolute Gasteiger partial charge is 0.306 e. The second kappa shape index (κ2) is 8.33. The van der Waals surface area contributed by atoms with E-state index < -0.39 is 11.9 Å². The number of carbonyl (C=O) groups excluding carboxylic acids is 1. The Bertz CT molecular complexity index is 814. The second-order valence-corrected chi connectivity index (χ2v) is 10.2. The molecule has 0 spiro atoms. The van der Waals surface area contributed by atoms with Crippen LogP contribution in [0.2, 0.25) is 0 Å². The van der Waals surface area contributed by atoms with Crippen molar-refractivity contribution in [2.75, 3.05) is 13.7 Å². The standard InChI is InChI=1S/C25H36O5/c1-23(2,29-5)18-8-9-19-17(15-18)7-10-20-24(3,13-6-14-25(19,20)4)16-30-22(28)12-11-21(26)27/h8-9,15,20H,6-7,10-14,16H2,1-5H3,(H,26,27)/t20-,24-,25+/m0/s1. The Morgan fingerprint density at radius 1 is 1.20 bits per heavy atom. The summed E-state index contributed by atoms with van der Waals surface area (Å²) in [5.74, 6) is -0.948. The predicted molar refractivity (Wildman–Crippen MR) is 115 cm³/mol. The van der Waals surface area contributed by atoms with Gasteiger partial charge in [0.15, 0.2) is 0 Å². The highest BCUT2D eigenvalue weighted by Gasteiger charge is 2.52. The molecule has 0 unspecified atom stereocenters. The van der Waals surface area contributed by atoms with Crippen LogP contribution >= 0.6 is 0 Å². The summed E-state index contributed by atoms with van der Waals surface area (Å²) in [6.07, 6.45) is 5.12. The van der Waals surface area contributed by atoms with E-state index in [0.29, 0.717) is 12.5 Å². The lowest BCUT2D eigenvalue weighted by molar-refractivity contribution is -0.153. The third-order valence-electron chi connectivity index (χ3n) is 7.79. The summed E-state index contributed by atoms with van der Waals surface area (Å²) in [7, 11) is 1.75. The van der Waals surface area contributed by atoms with Gasteiger partial charge in [0, 0.05) is 12.5 Å². The minimum Gasteiger partial charge on any atom is -0.481 e. The first kappa shape index (κ1) is 22.8. The van der Waals surface area contributed by atoms with Crippen LogP contribution in [0.1, 0.15) is 82.9 Å². The zero-order valence-corrected chi connectivity index (χ0v) is 19.0. The molecular formula is C25H36O5. The molecule has 0 saturated heterocycles. The SMILES string of the molecule is COC(C)(C)c1ccc2c(c1)CC[C@H]1[C@](C)(COC(=O)CCC(=O)O)CCC[C@]21C. The monoisotopic (exact) mass is 416 g/mol. The summed E-state index contributed by atoms with van der Waals surface area (Å²) in [6, 6.07) is 6.81. The molecule has 0 radical (unpaired) electrons. The molecule has 1 fully saturated rings. The van der Waals surface area contributed by atoms with Gasteiger partial charge in [-0.3, -0.25) is 9.59 Å². The number of hydrogen-bond donors (Lipinski definition) is 1. The Labute approximate surface area is 180 Å². The Morgan fingerprint density at radius 3 is 2.60 bits per heavy atom. The normalized spacial score (nSPS) is 28.4. The van der Waals surface area contributed by atoms with Gasteiger partial charge in [0.1, 0.15) is 0 Å². The molecule has 1 N–H and O–H groups in total. The molecule has 0 aromatic heterocycles. The Hall–Kier alpha value is -1.88. The van der Waals surface area contributed by atoms with Gasteiger partial charge in [-0.15, -0.1) is 0 Å². The number of carboxylic acid groups (broad SMARTS) is 1. The number of methoxy groups -OCH3 is 1. The lowest BCUT2D eigenvalue weighted by atomic mass is 9.50. The minimum atomic E-state index is -0.969. The van der Waals surface area contributed by atoms with Crippen LogP contribution in [0.3, 0.4) is 0 Å². The van der Waals surface area contributed by atoms with Crippen molar-refractivity contribution < 1.29 is 24.2 Å². The number of benzene rings is 1. The van der Waals surface area contributed by atoms with Crippen molar-refractivity contribution in [2.45, 2.75) is 83.7 Å². The maximum atomic E-state index is 12.0. The first-order valence-electron chi connectivity index (χ1n) is 11.1. The highest BCUT2D eigenvalue weighted by molar-refractivity contribution is 5.76. The highest BCUT2D eigenvalue weighted by atomic mass is 16.5. The molecule has 1 aromatic carbocycles. The van der Waals surface area contributed by atoms with Crippen LogP contribution in [-0.2, 0) is 36.5 Å². The van der Waals surface area contributed by atoms with E-state index in [9.17, 15) is 9.59 Å². The maximum Gasteiger partial charge on any atom is 0.306 e. The van der Waals surface area contributed by atoms with E-state index in [1.807, 2.05) is 0 Å². The van der Waals surface area contributed by atoms with E-state index in [-0.39, 0.29) is 29.3 Å². The zero-order chi connectivity index (χ0) is 22.2. The number of esters is 1. The Balaban J connectivity index is 1.81. The number of aryl methyl sites for hydroxylation is 1. The number of ether oxygens (including phenoxy) is 2. The van der Waals surface area contributed by atoms with Gasteiger partial charge in [-0.25, -0.2) is 0 Å². The average Bonchev–Trinajstić information content (AvgIpc) is 2.70. The van der Waals surface area contributed by atoms with Crippen LogP contribution in [0.25, 0.3) is 0 Å². The van der Waals surface area contributed by atoms with Crippen LogP contribution in [0, 0.1) is 11.3 Å². The van der Waals surface area contributed by atoms with Gasteiger partial charge in [0.2, 0.25) is 0 Å². The van der Waals surface area contributed by atoms with Crippen LogP contribution in [-0.4, -0.2) is 30.8 Å². The summed E-state index contributed by atoms with van der Waals surface area (Å²) in [5, 5.41) is 8.78. The van der Waals surface area contributed by atoms with Gasteiger partial charge in [0.25, 0.3) is 0 Å². The third-order valence-corrected chi connectivity index (χ3v) is 7.79. The molecule has 0 amide bonds. The topological polar surface area (TPSA) is 72.8 Å². The number of aliphatic carboxylic acids is 1. The summed E-state index contributed by atoms with van der Waals surface area (Å²) in [6.45, 7) is 9.18. The van der Waals surface area contributed by atoms with Crippen molar-refractivity contribution in [3.63, 3.8) is 0 Å². The number of fused-ring (bicyclic) bond motifs is 3. The second-order valence-electron chi connectivity index (χ2n) is 10.2. The molecule has 3 rings (SSSR count). The molecule has 1 aromatic rings. The van der Waals surface area contributed by atoms with Crippen LogP contribution in [0.4, 0.5) is 0 Å². The number of rotatable bonds is 7. The molecule has 5 nitrogen and oxygen atoms in total. The van der Waals surface area contributed by atoms with E-state index in [0.717, 1.165) is 32.1 Å². The molecule has 0 heterocycles. The van der Waals surface area contributed by atoms with Crippen molar-refractivity contribution in [1.82, 2.24) is 0 Å². The van der Waals surface area contributed by atoms with Gasteiger partial charge in [0.05, 0.1) is 25.0 Å². The van der Waals surface area contributed by atoms with Crippen molar-refractivity contribution in [3.8, 4) is 0 Å². The van der Waals surface area contributed by atoms with E-state index in [4.69, 9.17) is 14.6 Å². The quantitative estimate of drug-likeness (QED) is 0.634. The maximum absolute atomic E-state index is 12.0. The molecule has 1 saturated carbocycles. The molecule has 2 aliphatic carbocycles. The fourth-order valence-electron chi connectivity index (χ4n) is 5.82. The summed E-state index contributed by atoms with van der Waals surface area (Å²) >= 11 is 0. The fourth-order valence-corrected chi connectivity index (χ4v) is 5.82. The van der Waals surface area contributed by atoms with Crippen molar-refractivity contribution in [3.05, 3.63) is 34.9 Å². The molecule has 3 atom stereocenters. The summed E-state index contributed by atoms with van der Waals surface area (Å²) in [5.41, 5.74) is 3.71. The molecule has 166 valence electrons. The summed E-state index contributed by atoms with van der Waals surface area (Å²) in [4.78, 5) is 22.7. The van der Waals surface area contributed by atoms with Gasteiger partial charge < -0.3 is 14.6 Å². The Morgan fingerprint density at radius 2 is 1.93 bits per heavy atom. The minimum absolute atomic E-state index is 0.0593. The molecule has 0 bridgehead atoms. The van der Waals surface area contributed by atoms with Crippen LogP contribution in [0.5, 0.6) is 0 Å². The predicted octanol–water partition coefficient (Wildman–Crippen LogP) is 4.99. The van der Waals surface area contributed by atoms with Crippen molar-refractivity contribution in [1.29, 1.82) is 0 Å². The summed E-state index contributed by atoms with van der Waals surface area (Å²) < 4.78 is 11.3.